The Morgan fingerprint density at radius 1 is 1.41 bits per heavy atom. The molecule has 6 nitrogen and oxygen atoms in total. The first-order chi connectivity index (χ1) is 10.7. The molecule has 1 saturated heterocycles. The molecule has 0 aromatic heterocycles. The zero-order valence-electron chi connectivity index (χ0n) is 12.7. The van der Waals surface area contributed by atoms with Crippen molar-refractivity contribution < 1.29 is 14.3 Å². The second-order valence-corrected chi connectivity index (χ2v) is 5.89. The molecular formula is C15H22BrN3O3. The van der Waals surface area contributed by atoms with Gasteiger partial charge in [-0.05, 0) is 47.1 Å². The quantitative estimate of drug-likeness (QED) is 0.753. The number of carbonyl (C=O) groups is 1. The molecule has 1 fully saturated rings. The van der Waals surface area contributed by atoms with E-state index in [2.05, 4.69) is 31.5 Å². The van der Waals surface area contributed by atoms with Gasteiger partial charge in [0, 0.05) is 25.3 Å². The van der Waals surface area contributed by atoms with Crippen molar-refractivity contribution in [2.24, 2.45) is 0 Å². The highest BCUT2D eigenvalue weighted by Gasteiger charge is 2.09. The molecule has 0 spiro atoms. The van der Waals surface area contributed by atoms with Crippen LogP contribution in [-0.4, -0.2) is 57.4 Å². The summed E-state index contributed by atoms with van der Waals surface area (Å²) in [6.45, 7) is 5.21. The maximum absolute atomic E-state index is 11.8. The normalized spacial score (nSPS) is 15.4. The molecular weight excluding hydrogens is 350 g/mol. The van der Waals surface area contributed by atoms with Crippen molar-refractivity contribution in [2.45, 2.75) is 6.42 Å². The number of hydrogen-bond acceptors (Lipinski definition) is 4. The van der Waals surface area contributed by atoms with E-state index in [-0.39, 0.29) is 6.03 Å². The third-order valence-corrected chi connectivity index (χ3v) is 4.07. The molecule has 0 atom stereocenters. The highest BCUT2D eigenvalue weighted by atomic mass is 79.9. The number of ether oxygens (including phenoxy) is 2. The molecule has 7 heteroatoms. The number of halogens is 1. The Morgan fingerprint density at radius 2 is 2.18 bits per heavy atom. The van der Waals surface area contributed by atoms with Gasteiger partial charge in [0.25, 0.3) is 0 Å². The molecule has 2 rings (SSSR count). The summed E-state index contributed by atoms with van der Waals surface area (Å²) in [6, 6.07) is 5.22. The lowest BCUT2D eigenvalue weighted by molar-refractivity contribution is 0.0375. The summed E-state index contributed by atoms with van der Waals surface area (Å²) in [5.74, 6) is 0.733. The molecule has 0 bridgehead atoms. The van der Waals surface area contributed by atoms with Crippen LogP contribution < -0.4 is 15.4 Å². The number of nitrogens with one attached hydrogen (secondary N) is 2. The van der Waals surface area contributed by atoms with Crippen molar-refractivity contribution in [2.75, 3.05) is 51.8 Å². The van der Waals surface area contributed by atoms with E-state index in [9.17, 15) is 4.79 Å². The van der Waals surface area contributed by atoms with Crippen LogP contribution in [-0.2, 0) is 4.74 Å². The van der Waals surface area contributed by atoms with Crippen LogP contribution in [0, 0.1) is 0 Å². The van der Waals surface area contributed by atoms with Crippen molar-refractivity contribution in [1.82, 2.24) is 10.2 Å². The lowest BCUT2D eigenvalue weighted by Gasteiger charge is -2.26. The number of nitrogens with zero attached hydrogens (tertiary/aromatic N) is 1. The van der Waals surface area contributed by atoms with Crippen molar-refractivity contribution >= 4 is 27.6 Å². The minimum absolute atomic E-state index is 0.195. The summed E-state index contributed by atoms with van der Waals surface area (Å²) in [5, 5.41) is 5.67. The first-order valence-corrected chi connectivity index (χ1v) is 8.17. The Labute approximate surface area is 139 Å². The fourth-order valence-corrected chi connectivity index (χ4v) is 2.79. The SMILES string of the molecule is COc1ccc(NC(=O)NCCCN2CCOCC2)cc1Br. The molecule has 122 valence electrons. The molecule has 0 aliphatic carbocycles. The summed E-state index contributed by atoms with van der Waals surface area (Å²) in [5.41, 5.74) is 0.721. The summed E-state index contributed by atoms with van der Waals surface area (Å²) in [4.78, 5) is 14.2. The minimum atomic E-state index is -0.195. The van der Waals surface area contributed by atoms with Gasteiger partial charge in [-0.2, -0.15) is 0 Å². The third kappa shape index (κ3) is 5.47. The standard InChI is InChI=1S/C15H22BrN3O3/c1-21-14-4-3-12(11-13(14)16)18-15(20)17-5-2-6-19-7-9-22-10-8-19/h3-4,11H,2,5-10H2,1H3,(H2,17,18,20). The van der Waals surface area contributed by atoms with E-state index in [0.29, 0.717) is 6.54 Å². The number of amides is 2. The van der Waals surface area contributed by atoms with Crippen molar-refractivity contribution in [3.05, 3.63) is 22.7 Å². The van der Waals surface area contributed by atoms with E-state index in [1.165, 1.54) is 0 Å². The Bertz CT molecular complexity index is 493. The number of anilines is 1. The molecule has 0 unspecified atom stereocenters. The second-order valence-electron chi connectivity index (χ2n) is 5.04. The lowest BCUT2D eigenvalue weighted by atomic mass is 10.3. The predicted molar refractivity (Wildman–Crippen MR) is 89.6 cm³/mol. The molecule has 2 amide bonds. The van der Waals surface area contributed by atoms with E-state index in [1.807, 2.05) is 6.07 Å². The fraction of sp³-hybridized carbons (Fsp3) is 0.533. The number of morpholine rings is 1. The highest BCUT2D eigenvalue weighted by Crippen LogP contribution is 2.27. The molecule has 0 saturated carbocycles. The number of methoxy groups -OCH3 is 1. The van der Waals surface area contributed by atoms with Gasteiger partial charge in [-0.25, -0.2) is 4.79 Å². The number of hydrogen-bond donors (Lipinski definition) is 2. The maximum atomic E-state index is 11.8. The third-order valence-electron chi connectivity index (χ3n) is 3.45. The van der Waals surface area contributed by atoms with Gasteiger partial charge in [0.15, 0.2) is 0 Å². The van der Waals surface area contributed by atoms with Gasteiger partial charge < -0.3 is 20.1 Å². The van der Waals surface area contributed by atoms with Gasteiger partial charge in [-0.15, -0.1) is 0 Å². The zero-order valence-corrected chi connectivity index (χ0v) is 14.3. The zero-order chi connectivity index (χ0) is 15.8. The van der Waals surface area contributed by atoms with Crippen LogP contribution in [0.4, 0.5) is 10.5 Å². The van der Waals surface area contributed by atoms with Crippen LogP contribution in [0.2, 0.25) is 0 Å². The van der Waals surface area contributed by atoms with Gasteiger partial charge in [-0.1, -0.05) is 0 Å². The van der Waals surface area contributed by atoms with Crippen molar-refractivity contribution in [3.8, 4) is 5.75 Å². The van der Waals surface area contributed by atoms with Crippen LogP contribution in [0.5, 0.6) is 5.75 Å². The topological polar surface area (TPSA) is 62.8 Å². The summed E-state index contributed by atoms with van der Waals surface area (Å²) in [7, 11) is 1.61. The molecule has 1 aliphatic rings. The average molecular weight is 372 g/mol. The average Bonchev–Trinajstić information content (AvgIpc) is 2.53. The van der Waals surface area contributed by atoms with Crippen LogP contribution in [0.1, 0.15) is 6.42 Å². The molecule has 1 aromatic rings. The molecule has 1 heterocycles. The Hall–Kier alpha value is -1.31. The van der Waals surface area contributed by atoms with Crippen LogP contribution in [0.15, 0.2) is 22.7 Å². The molecule has 1 aromatic carbocycles. The summed E-state index contributed by atoms with van der Waals surface area (Å²) >= 11 is 3.39. The van der Waals surface area contributed by atoms with Crippen LogP contribution in [0.25, 0.3) is 0 Å². The van der Waals surface area contributed by atoms with Crippen LogP contribution in [0.3, 0.4) is 0 Å². The van der Waals surface area contributed by atoms with Crippen molar-refractivity contribution in [3.63, 3.8) is 0 Å². The van der Waals surface area contributed by atoms with Gasteiger partial charge in [-0.3, -0.25) is 4.90 Å². The Morgan fingerprint density at radius 3 is 2.86 bits per heavy atom. The first kappa shape index (κ1) is 17.1. The summed E-state index contributed by atoms with van der Waals surface area (Å²) < 4.78 is 11.3. The minimum Gasteiger partial charge on any atom is -0.496 e. The monoisotopic (exact) mass is 371 g/mol. The Kier molecular flexibility index (Phi) is 6.95. The van der Waals surface area contributed by atoms with E-state index in [0.717, 1.165) is 55.2 Å². The van der Waals surface area contributed by atoms with Gasteiger partial charge in [0.1, 0.15) is 5.75 Å². The number of carbonyl (C=O) groups excluding carboxylic acids is 1. The maximum Gasteiger partial charge on any atom is 0.319 e. The molecule has 1 aliphatic heterocycles. The largest absolute Gasteiger partial charge is 0.496 e. The second kappa shape index (κ2) is 8.97. The Balaban J connectivity index is 1.66. The van der Waals surface area contributed by atoms with E-state index in [4.69, 9.17) is 9.47 Å². The smallest absolute Gasteiger partial charge is 0.319 e. The van der Waals surface area contributed by atoms with Gasteiger partial charge in [0.2, 0.25) is 0 Å². The summed E-state index contributed by atoms with van der Waals surface area (Å²) in [6.07, 6.45) is 0.930. The number of rotatable bonds is 6. The van der Waals surface area contributed by atoms with Crippen molar-refractivity contribution in [1.29, 1.82) is 0 Å². The van der Waals surface area contributed by atoms with E-state index >= 15 is 0 Å². The number of benzene rings is 1. The van der Waals surface area contributed by atoms with Gasteiger partial charge in [0.05, 0.1) is 24.8 Å². The first-order valence-electron chi connectivity index (χ1n) is 7.37. The highest BCUT2D eigenvalue weighted by molar-refractivity contribution is 9.10. The lowest BCUT2D eigenvalue weighted by Crippen LogP contribution is -2.38. The molecule has 22 heavy (non-hydrogen) atoms. The number of urea groups is 1. The van der Waals surface area contributed by atoms with E-state index < -0.39 is 0 Å². The molecule has 2 N–H and O–H groups in total. The van der Waals surface area contributed by atoms with E-state index in [1.54, 1.807) is 19.2 Å². The molecule has 0 radical (unpaired) electrons. The fourth-order valence-electron chi connectivity index (χ4n) is 2.25. The predicted octanol–water partition coefficient (Wildman–Crippen LogP) is 2.30. The van der Waals surface area contributed by atoms with Gasteiger partial charge >= 0.3 is 6.03 Å². The van der Waals surface area contributed by atoms with Crippen LogP contribution >= 0.6 is 15.9 Å².